The molecule has 120 valence electrons. The summed E-state index contributed by atoms with van der Waals surface area (Å²) in [6.45, 7) is 5.62. The van der Waals surface area contributed by atoms with Gasteiger partial charge in [-0.3, -0.25) is 9.59 Å². The molecule has 5 nitrogen and oxygen atoms in total. The second-order valence-corrected chi connectivity index (χ2v) is 5.51. The van der Waals surface area contributed by atoms with Gasteiger partial charge in [0.05, 0.1) is 12.5 Å². The van der Waals surface area contributed by atoms with Crippen molar-refractivity contribution >= 4 is 17.6 Å². The Kier molecular flexibility index (Phi) is 5.81. The number of hydrogen-bond acceptors (Lipinski definition) is 4. The number of nitrogens with zero attached hydrogens (tertiary/aromatic N) is 1. The van der Waals surface area contributed by atoms with Crippen molar-refractivity contribution in [2.75, 3.05) is 31.1 Å². The van der Waals surface area contributed by atoms with Crippen LogP contribution in [0.15, 0.2) is 24.3 Å². The van der Waals surface area contributed by atoms with Crippen LogP contribution in [0, 0.1) is 5.92 Å². The Balaban J connectivity index is 2.13. The fourth-order valence-electron chi connectivity index (χ4n) is 2.77. The van der Waals surface area contributed by atoms with Crippen LogP contribution in [-0.4, -0.2) is 38.1 Å². The number of rotatable bonds is 6. The molecule has 22 heavy (non-hydrogen) atoms. The van der Waals surface area contributed by atoms with Gasteiger partial charge in [-0.2, -0.15) is 0 Å². The van der Waals surface area contributed by atoms with Crippen LogP contribution in [0.1, 0.15) is 25.8 Å². The number of carbonyl (C=O) groups is 2. The zero-order valence-electron chi connectivity index (χ0n) is 13.3. The number of amides is 1. The first kappa shape index (κ1) is 16.3. The third-order valence-corrected chi connectivity index (χ3v) is 3.78. The lowest BCUT2D eigenvalue weighted by Gasteiger charge is -2.34. The van der Waals surface area contributed by atoms with E-state index in [2.05, 4.69) is 5.32 Å². The Morgan fingerprint density at radius 1 is 1.32 bits per heavy atom. The van der Waals surface area contributed by atoms with Gasteiger partial charge in [-0.25, -0.2) is 0 Å². The molecule has 1 heterocycles. The molecule has 1 amide bonds. The summed E-state index contributed by atoms with van der Waals surface area (Å²) in [6.07, 6.45) is 1.63. The lowest BCUT2D eigenvalue weighted by Crippen LogP contribution is -2.45. The molecule has 2 rings (SSSR count). The maximum absolute atomic E-state index is 12.3. The van der Waals surface area contributed by atoms with E-state index in [4.69, 9.17) is 4.74 Å². The third-order valence-electron chi connectivity index (χ3n) is 3.78. The molecule has 1 unspecified atom stereocenters. The molecule has 1 aliphatic heterocycles. The second kappa shape index (κ2) is 7.82. The molecule has 1 atom stereocenters. The van der Waals surface area contributed by atoms with Gasteiger partial charge in [0.25, 0.3) is 0 Å². The summed E-state index contributed by atoms with van der Waals surface area (Å²) in [4.78, 5) is 26.0. The van der Waals surface area contributed by atoms with Gasteiger partial charge < -0.3 is 15.0 Å². The number of esters is 1. The molecule has 1 aromatic rings. The average Bonchev–Trinajstić information content (AvgIpc) is 2.52. The van der Waals surface area contributed by atoms with E-state index in [1.807, 2.05) is 36.1 Å². The number of hydrogen-bond donors (Lipinski definition) is 1. The zero-order valence-corrected chi connectivity index (χ0v) is 13.3. The monoisotopic (exact) mass is 304 g/mol. The molecule has 5 heteroatoms. The minimum Gasteiger partial charge on any atom is -0.465 e. The lowest BCUT2D eigenvalue weighted by molar-refractivity contribution is -0.141. The van der Waals surface area contributed by atoms with Crippen LogP contribution in [0.3, 0.4) is 0 Å². The Bertz CT molecular complexity index is 530. The number of ether oxygens (including phenoxy) is 1. The molecule has 0 fully saturated rings. The van der Waals surface area contributed by atoms with Gasteiger partial charge in [-0.15, -0.1) is 0 Å². The van der Waals surface area contributed by atoms with E-state index in [-0.39, 0.29) is 24.3 Å². The van der Waals surface area contributed by atoms with Crippen LogP contribution in [0.25, 0.3) is 0 Å². The first-order valence-electron chi connectivity index (χ1n) is 7.91. The second-order valence-electron chi connectivity index (χ2n) is 5.51. The highest BCUT2D eigenvalue weighted by molar-refractivity contribution is 5.82. The number of fused-ring (bicyclic) bond motifs is 1. The summed E-state index contributed by atoms with van der Waals surface area (Å²) in [7, 11) is 0. The highest BCUT2D eigenvalue weighted by atomic mass is 16.5. The molecule has 0 aliphatic carbocycles. The maximum atomic E-state index is 12.3. The quantitative estimate of drug-likeness (QED) is 0.814. The van der Waals surface area contributed by atoms with E-state index in [1.54, 1.807) is 6.92 Å². The van der Waals surface area contributed by atoms with Crippen molar-refractivity contribution in [2.24, 2.45) is 5.92 Å². The highest BCUT2D eigenvalue weighted by Crippen LogP contribution is 2.29. The van der Waals surface area contributed by atoms with Crippen LogP contribution < -0.4 is 10.2 Å². The van der Waals surface area contributed by atoms with Crippen LogP contribution in [0.2, 0.25) is 0 Å². The molecule has 0 spiro atoms. The Morgan fingerprint density at radius 2 is 2.09 bits per heavy atom. The van der Waals surface area contributed by atoms with Gasteiger partial charge in [-0.1, -0.05) is 25.1 Å². The number of para-hydroxylation sites is 1. The molecule has 0 saturated carbocycles. The molecular formula is C17H24N2O3. The summed E-state index contributed by atoms with van der Waals surface area (Å²) in [5.74, 6) is -0.326. The molecule has 0 saturated heterocycles. The Labute approximate surface area is 131 Å². The lowest BCUT2D eigenvalue weighted by atomic mass is 9.91. The summed E-state index contributed by atoms with van der Waals surface area (Å²) in [5.41, 5.74) is 2.13. The largest absolute Gasteiger partial charge is 0.465 e. The molecule has 0 radical (unpaired) electrons. The summed E-state index contributed by atoms with van der Waals surface area (Å²) in [6, 6.07) is 7.93. The van der Waals surface area contributed by atoms with E-state index in [0.29, 0.717) is 26.1 Å². The number of benzene rings is 1. The molecular weight excluding hydrogens is 280 g/mol. The van der Waals surface area contributed by atoms with Gasteiger partial charge in [0.15, 0.2) is 0 Å². The molecule has 1 N–H and O–H groups in total. The maximum Gasteiger partial charge on any atom is 0.325 e. The van der Waals surface area contributed by atoms with Crippen LogP contribution in [0.4, 0.5) is 5.69 Å². The van der Waals surface area contributed by atoms with E-state index in [9.17, 15) is 9.59 Å². The summed E-state index contributed by atoms with van der Waals surface area (Å²) in [5, 5.41) is 2.95. The first-order valence-corrected chi connectivity index (χ1v) is 7.91. The van der Waals surface area contributed by atoms with Crippen LogP contribution in [0.5, 0.6) is 0 Å². The summed E-state index contributed by atoms with van der Waals surface area (Å²) < 4.78 is 5.04. The SMILES string of the molecule is CCCNC(=O)C1Cc2ccccc2N(CC(=O)OCC)C1. The normalized spacial score (nSPS) is 16.8. The van der Waals surface area contributed by atoms with Gasteiger partial charge >= 0.3 is 5.97 Å². The van der Waals surface area contributed by atoms with E-state index in [0.717, 1.165) is 17.7 Å². The Hall–Kier alpha value is -2.04. The van der Waals surface area contributed by atoms with E-state index in [1.165, 1.54) is 0 Å². The number of anilines is 1. The number of nitrogens with one attached hydrogen (secondary N) is 1. The van der Waals surface area contributed by atoms with Crippen molar-refractivity contribution in [2.45, 2.75) is 26.7 Å². The number of carbonyl (C=O) groups excluding carboxylic acids is 2. The molecule has 1 aliphatic rings. The first-order chi connectivity index (χ1) is 10.7. The van der Waals surface area contributed by atoms with E-state index < -0.39 is 0 Å². The zero-order chi connectivity index (χ0) is 15.9. The Morgan fingerprint density at radius 3 is 2.82 bits per heavy atom. The van der Waals surface area contributed by atoms with Crippen molar-refractivity contribution in [3.63, 3.8) is 0 Å². The molecule has 1 aromatic carbocycles. The van der Waals surface area contributed by atoms with Gasteiger partial charge in [0.1, 0.15) is 6.54 Å². The highest BCUT2D eigenvalue weighted by Gasteiger charge is 2.30. The van der Waals surface area contributed by atoms with Crippen LogP contribution in [-0.2, 0) is 20.7 Å². The average molecular weight is 304 g/mol. The minimum absolute atomic E-state index is 0.0604. The van der Waals surface area contributed by atoms with Crippen molar-refractivity contribution in [1.29, 1.82) is 0 Å². The van der Waals surface area contributed by atoms with Crippen molar-refractivity contribution < 1.29 is 14.3 Å². The summed E-state index contributed by atoms with van der Waals surface area (Å²) >= 11 is 0. The fourth-order valence-corrected chi connectivity index (χ4v) is 2.77. The third kappa shape index (κ3) is 4.00. The standard InChI is InChI=1S/C17H24N2O3/c1-3-9-18-17(21)14-10-13-7-5-6-8-15(13)19(11-14)12-16(20)22-4-2/h5-8,14H,3-4,9-12H2,1-2H3,(H,18,21). The molecule has 0 bridgehead atoms. The minimum atomic E-state index is -0.257. The smallest absolute Gasteiger partial charge is 0.325 e. The topological polar surface area (TPSA) is 58.6 Å². The van der Waals surface area contributed by atoms with Crippen molar-refractivity contribution in [3.8, 4) is 0 Å². The van der Waals surface area contributed by atoms with Crippen molar-refractivity contribution in [1.82, 2.24) is 5.32 Å². The fraction of sp³-hybridized carbons (Fsp3) is 0.529. The van der Waals surface area contributed by atoms with Crippen LogP contribution >= 0.6 is 0 Å². The predicted molar refractivity (Wildman–Crippen MR) is 85.8 cm³/mol. The van der Waals surface area contributed by atoms with Gasteiger partial charge in [0, 0.05) is 18.8 Å². The van der Waals surface area contributed by atoms with Gasteiger partial charge in [-0.05, 0) is 31.4 Å². The van der Waals surface area contributed by atoms with Gasteiger partial charge in [0.2, 0.25) is 5.91 Å². The molecule has 0 aromatic heterocycles. The predicted octanol–water partition coefficient (Wildman–Crippen LogP) is 1.75. The van der Waals surface area contributed by atoms with Crippen molar-refractivity contribution in [3.05, 3.63) is 29.8 Å². The van der Waals surface area contributed by atoms with E-state index >= 15 is 0 Å².